The molecule has 0 aliphatic carbocycles. The highest BCUT2D eigenvalue weighted by Gasteiger charge is 2.08. The van der Waals surface area contributed by atoms with Gasteiger partial charge in [0.15, 0.2) is 13.2 Å². The number of carbonyl (C=O) groups excluding carboxylic acids is 2. The summed E-state index contributed by atoms with van der Waals surface area (Å²) in [6.07, 6.45) is 0.935. The maximum Gasteiger partial charge on any atom is 0.276 e. The standard InChI is InChI=1S/C19H21ClN2O4/c1-3-14-4-7-16(8-5-14)25-11-18(23)21-22-19(24)12-26-17-9-6-15(20)10-13(17)2/h4-10H,3,11-12H2,1-2H3,(H,21,23)(H,22,24). The lowest BCUT2D eigenvalue weighted by molar-refractivity contribution is -0.131. The number of rotatable bonds is 7. The highest BCUT2D eigenvalue weighted by molar-refractivity contribution is 6.30. The molecule has 138 valence electrons. The molecule has 7 heteroatoms. The zero-order valence-corrected chi connectivity index (χ0v) is 15.4. The van der Waals surface area contributed by atoms with Crippen molar-refractivity contribution in [1.82, 2.24) is 10.9 Å². The van der Waals surface area contributed by atoms with E-state index in [0.717, 1.165) is 12.0 Å². The molecule has 2 rings (SSSR count). The van der Waals surface area contributed by atoms with Gasteiger partial charge in [0.1, 0.15) is 11.5 Å². The maximum atomic E-state index is 11.7. The van der Waals surface area contributed by atoms with E-state index < -0.39 is 11.8 Å². The van der Waals surface area contributed by atoms with Crippen molar-refractivity contribution in [3.8, 4) is 11.5 Å². The first-order chi connectivity index (χ1) is 12.5. The summed E-state index contributed by atoms with van der Waals surface area (Å²) in [5.41, 5.74) is 6.54. The van der Waals surface area contributed by atoms with E-state index in [1.54, 1.807) is 30.3 Å². The first kappa shape index (κ1) is 19.6. The molecule has 2 aromatic rings. The minimum atomic E-state index is -0.486. The van der Waals surface area contributed by atoms with Crippen LogP contribution in [0.5, 0.6) is 11.5 Å². The molecule has 0 aromatic heterocycles. The summed E-state index contributed by atoms with van der Waals surface area (Å²) in [7, 11) is 0. The van der Waals surface area contributed by atoms with Crippen LogP contribution in [0.3, 0.4) is 0 Å². The average molecular weight is 377 g/mol. The van der Waals surface area contributed by atoms with Gasteiger partial charge in [0.25, 0.3) is 11.8 Å². The molecule has 6 nitrogen and oxygen atoms in total. The fourth-order valence-electron chi connectivity index (χ4n) is 2.10. The van der Waals surface area contributed by atoms with Gasteiger partial charge in [-0.3, -0.25) is 20.4 Å². The number of hydrazine groups is 1. The highest BCUT2D eigenvalue weighted by Crippen LogP contribution is 2.21. The first-order valence-electron chi connectivity index (χ1n) is 8.16. The molecule has 0 unspecified atom stereocenters. The number of nitrogens with one attached hydrogen (secondary N) is 2. The van der Waals surface area contributed by atoms with E-state index in [0.29, 0.717) is 16.5 Å². The van der Waals surface area contributed by atoms with Gasteiger partial charge in [-0.2, -0.15) is 0 Å². The smallest absolute Gasteiger partial charge is 0.276 e. The number of hydrogen-bond acceptors (Lipinski definition) is 4. The predicted molar refractivity (Wildman–Crippen MR) is 99.3 cm³/mol. The van der Waals surface area contributed by atoms with Crippen LogP contribution in [0, 0.1) is 6.92 Å². The van der Waals surface area contributed by atoms with E-state index in [9.17, 15) is 9.59 Å². The van der Waals surface area contributed by atoms with Crippen molar-refractivity contribution >= 4 is 23.4 Å². The number of ether oxygens (including phenoxy) is 2. The molecule has 26 heavy (non-hydrogen) atoms. The van der Waals surface area contributed by atoms with Gasteiger partial charge >= 0.3 is 0 Å². The van der Waals surface area contributed by atoms with Crippen molar-refractivity contribution in [3.05, 3.63) is 58.6 Å². The van der Waals surface area contributed by atoms with Gasteiger partial charge in [-0.15, -0.1) is 0 Å². The van der Waals surface area contributed by atoms with Crippen molar-refractivity contribution in [2.75, 3.05) is 13.2 Å². The lowest BCUT2D eigenvalue weighted by Gasteiger charge is -2.11. The lowest BCUT2D eigenvalue weighted by atomic mass is 10.2. The molecule has 0 radical (unpaired) electrons. The summed E-state index contributed by atoms with van der Waals surface area (Å²) in [5.74, 6) is 0.181. The Hall–Kier alpha value is -2.73. The summed E-state index contributed by atoms with van der Waals surface area (Å²) < 4.78 is 10.7. The number of aryl methyl sites for hydroxylation is 2. The molecule has 0 saturated heterocycles. The topological polar surface area (TPSA) is 76.7 Å². The SMILES string of the molecule is CCc1ccc(OCC(=O)NNC(=O)COc2ccc(Cl)cc2C)cc1. The van der Waals surface area contributed by atoms with E-state index in [1.165, 1.54) is 5.56 Å². The minimum absolute atomic E-state index is 0.205. The van der Waals surface area contributed by atoms with Gasteiger partial charge < -0.3 is 9.47 Å². The maximum absolute atomic E-state index is 11.7. The van der Waals surface area contributed by atoms with Crippen LogP contribution in [0.2, 0.25) is 5.02 Å². The number of halogens is 1. The van der Waals surface area contributed by atoms with Gasteiger partial charge in [-0.25, -0.2) is 0 Å². The molecule has 0 fully saturated rings. The molecule has 2 amide bonds. The second kappa shape index (κ2) is 9.68. The zero-order chi connectivity index (χ0) is 18.9. The Kier molecular flexibility index (Phi) is 7.29. The first-order valence-corrected chi connectivity index (χ1v) is 8.54. The second-order valence-corrected chi connectivity index (χ2v) is 6.02. The molecule has 2 N–H and O–H groups in total. The molecule has 0 bridgehead atoms. The van der Waals surface area contributed by atoms with Gasteiger partial charge in [0.05, 0.1) is 0 Å². The number of amides is 2. The van der Waals surface area contributed by atoms with E-state index in [4.69, 9.17) is 21.1 Å². The fraction of sp³-hybridized carbons (Fsp3) is 0.263. The molecule has 0 saturated carbocycles. The van der Waals surface area contributed by atoms with Crippen LogP contribution in [-0.2, 0) is 16.0 Å². The predicted octanol–water partition coefficient (Wildman–Crippen LogP) is 2.82. The van der Waals surface area contributed by atoms with E-state index in [-0.39, 0.29) is 13.2 Å². The molecule has 0 aliphatic rings. The summed E-state index contributed by atoms with van der Waals surface area (Å²) >= 11 is 5.86. The third-order valence-electron chi connectivity index (χ3n) is 3.54. The molecule has 2 aromatic carbocycles. The van der Waals surface area contributed by atoms with Crippen LogP contribution >= 0.6 is 11.6 Å². The molecule has 0 atom stereocenters. The fourth-order valence-corrected chi connectivity index (χ4v) is 2.33. The van der Waals surface area contributed by atoms with Crippen molar-refractivity contribution < 1.29 is 19.1 Å². The molecule has 0 aliphatic heterocycles. The Labute approximate surface area is 157 Å². The Morgan fingerprint density at radius 3 is 2.15 bits per heavy atom. The van der Waals surface area contributed by atoms with Crippen molar-refractivity contribution in [2.45, 2.75) is 20.3 Å². The lowest BCUT2D eigenvalue weighted by Crippen LogP contribution is -2.45. The monoisotopic (exact) mass is 376 g/mol. The van der Waals surface area contributed by atoms with Gasteiger partial charge in [-0.1, -0.05) is 30.7 Å². The zero-order valence-electron chi connectivity index (χ0n) is 14.7. The largest absolute Gasteiger partial charge is 0.484 e. The average Bonchev–Trinajstić information content (AvgIpc) is 2.64. The highest BCUT2D eigenvalue weighted by atomic mass is 35.5. The Bertz CT molecular complexity index is 763. The third-order valence-corrected chi connectivity index (χ3v) is 3.77. The number of hydrogen-bond donors (Lipinski definition) is 2. The van der Waals surface area contributed by atoms with Crippen LogP contribution in [0.15, 0.2) is 42.5 Å². The molecule has 0 spiro atoms. The van der Waals surface area contributed by atoms with Crippen LogP contribution in [0.1, 0.15) is 18.1 Å². The summed E-state index contributed by atoms with van der Waals surface area (Å²) in [5, 5.41) is 0.593. The number of carbonyl (C=O) groups is 2. The van der Waals surface area contributed by atoms with E-state index in [2.05, 4.69) is 17.8 Å². The summed E-state index contributed by atoms with van der Waals surface area (Å²) in [4.78, 5) is 23.4. The summed E-state index contributed by atoms with van der Waals surface area (Å²) in [6, 6.07) is 12.6. The molecular weight excluding hydrogens is 356 g/mol. The number of benzene rings is 2. The Morgan fingerprint density at radius 1 is 0.962 bits per heavy atom. The minimum Gasteiger partial charge on any atom is -0.484 e. The van der Waals surface area contributed by atoms with Gasteiger partial charge in [-0.05, 0) is 54.8 Å². The quantitative estimate of drug-likeness (QED) is 0.728. The van der Waals surface area contributed by atoms with Crippen molar-refractivity contribution in [2.24, 2.45) is 0 Å². The van der Waals surface area contributed by atoms with Crippen LogP contribution in [0.4, 0.5) is 0 Å². The van der Waals surface area contributed by atoms with Gasteiger partial charge in [0, 0.05) is 5.02 Å². The summed E-state index contributed by atoms with van der Waals surface area (Å²) in [6.45, 7) is 3.44. The Balaban J connectivity index is 1.68. The second-order valence-electron chi connectivity index (χ2n) is 5.58. The van der Waals surface area contributed by atoms with Crippen LogP contribution in [0.25, 0.3) is 0 Å². The van der Waals surface area contributed by atoms with Crippen LogP contribution < -0.4 is 20.3 Å². The normalized spacial score (nSPS) is 10.1. The van der Waals surface area contributed by atoms with Gasteiger partial charge in [0.2, 0.25) is 0 Å². The third kappa shape index (κ3) is 6.29. The van der Waals surface area contributed by atoms with E-state index >= 15 is 0 Å². The molecule has 0 heterocycles. The van der Waals surface area contributed by atoms with Crippen molar-refractivity contribution in [3.63, 3.8) is 0 Å². The molecular formula is C19H21ClN2O4. The Morgan fingerprint density at radius 2 is 1.58 bits per heavy atom. The van der Waals surface area contributed by atoms with E-state index in [1.807, 2.05) is 19.1 Å². The van der Waals surface area contributed by atoms with Crippen molar-refractivity contribution in [1.29, 1.82) is 0 Å². The van der Waals surface area contributed by atoms with Crippen LogP contribution in [-0.4, -0.2) is 25.0 Å².